The van der Waals surface area contributed by atoms with Gasteiger partial charge in [0.2, 0.25) is 0 Å². The van der Waals surface area contributed by atoms with E-state index in [-0.39, 0.29) is 11.0 Å². The monoisotopic (exact) mass is 376 g/mol. The topological polar surface area (TPSA) is 67.9 Å². The summed E-state index contributed by atoms with van der Waals surface area (Å²) in [7, 11) is -1.99. The Hall–Kier alpha value is -2.25. The standard InChI is InChI=1S/C19H24N2O4S/c1-3-25-18-6-4-5-7-19(18)26(22,23)20-15-8-10-16(11-9-15)21-13-12-17(14-21)24-2/h4-11,17,20H,3,12-14H2,1-2H3. The average molecular weight is 376 g/mol. The summed E-state index contributed by atoms with van der Waals surface area (Å²) in [6, 6.07) is 14.0. The maximum absolute atomic E-state index is 12.7. The number of benzene rings is 2. The van der Waals surface area contributed by atoms with Gasteiger partial charge in [-0.05, 0) is 49.7 Å². The quantitative estimate of drug-likeness (QED) is 0.804. The molecule has 0 aliphatic carbocycles. The molecule has 0 saturated carbocycles. The van der Waals surface area contributed by atoms with Gasteiger partial charge in [0, 0.05) is 31.6 Å². The Morgan fingerprint density at radius 1 is 1.15 bits per heavy atom. The molecule has 2 aromatic carbocycles. The highest BCUT2D eigenvalue weighted by molar-refractivity contribution is 7.92. The van der Waals surface area contributed by atoms with E-state index in [0.717, 1.165) is 25.2 Å². The van der Waals surface area contributed by atoms with Crippen LogP contribution in [0, 0.1) is 0 Å². The van der Waals surface area contributed by atoms with Gasteiger partial charge in [-0.2, -0.15) is 0 Å². The van der Waals surface area contributed by atoms with Crippen LogP contribution in [0.5, 0.6) is 5.75 Å². The van der Waals surface area contributed by atoms with Crippen LogP contribution >= 0.6 is 0 Å². The van der Waals surface area contributed by atoms with Crippen LogP contribution in [0.25, 0.3) is 0 Å². The maximum atomic E-state index is 12.7. The minimum absolute atomic E-state index is 0.133. The van der Waals surface area contributed by atoms with Crippen LogP contribution in [-0.4, -0.2) is 41.3 Å². The molecule has 140 valence electrons. The molecule has 0 amide bonds. The van der Waals surface area contributed by atoms with Gasteiger partial charge >= 0.3 is 0 Å². The molecule has 2 aromatic rings. The minimum Gasteiger partial charge on any atom is -0.492 e. The predicted octanol–water partition coefficient (Wildman–Crippen LogP) is 3.11. The van der Waals surface area contributed by atoms with Crippen molar-refractivity contribution >= 4 is 21.4 Å². The molecule has 0 bridgehead atoms. The van der Waals surface area contributed by atoms with Crippen molar-refractivity contribution in [2.45, 2.75) is 24.3 Å². The van der Waals surface area contributed by atoms with Gasteiger partial charge < -0.3 is 14.4 Å². The first-order valence-corrected chi connectivity index (χ1v) is 10.1. The SMILES string of the molecule is CCOc1ccccc1S(=O)(=O)Nc1ccc(N2CCC(OC)C2)cc1. The van der Waals surface area contributed by atoms with E-state index < -0.39 is 10.0 Å². The predicted molar refractivity (Wildman–Crippen MR) is 102 cm³/mol. The Labute approximate surface area is 154 Å². The zero-order chi connectivity index (χ0) is 18.6. The summed E-state index contributed by atoms with van der Waals surface area (Å²) >= 11 is 0. The summed E-state index contributed by atoms with van der Waals surface area (Å²) in [5.74, 6) is 0.349. The van der Waals surface area contributed by atoms with Gasteiger partial charge in [-0.1, -0.05) is 12.1 Å². The first-order chi connectivity index (χ1) is 12.5. The van der Waals surface area contributed by atoms with Crippen molar-refractivity contribution in [2.24, 2.45) is 0 Å². The molecular weight excluding hydrogens is 352 g/mol. The molecule has 1 fully saturated rings. The Balaban J connectivity index is 1.74. The fourth-order valence-electron chi connectivity index (χ4n) is 3.05. The third-order valence-electron chi connectivity index (χ3n) is 4.40. The number of para-hydroxylation sites is 1. The van der Waals surface area contributed by atoms with Crippen LogP contribution < -0.4 is 14.4 Å². The molecule has 1 aliphatic rings. The second kappa shape index (κ2) is 7.97. The van der Waals surface area contributed by atoms with Gasteiger partial charge in [0.1, 0.15) is 10.6 Å². The molecule has 0 radical (unpaired) electrons. The molecule has 6 nitrogen and oxygen atoms in total. The second-order valence-electron chi connectivity index (χ2n) is 6.12. The summed E-state index contributed by atoms with van der Waals surface area (Å²) in [6.45, 7) is 4.01. The van der Waals surface area contributed by atoms with Gasteiger partial charge in [-0.15, -0.1) is 0 Å². The summed E-state index contributed by atoms with van der Waals surface area (Å²) in [5, 5.41) is 0. The molecule has 26 heavy (non-hydrogen) atoms. The van der Waals surface area contributed by atoms with Crippen molar-refractivity contribution < 1.29 is 17.9 Å². The van der Waals surface area contributed by atoms with Crippen LogP contribution in [0.1, 0.15) is 13.3 Å². The molecule has 0 aromatic heterocycles. The number of nitrogens with zero attached hydrogens (tertiary/aromatic N) is 1. The van der Waals surface area contributed by atoms with Crippen LogP contribution in [0.4, 0.5) is 11.4 Å². The molecule has 7 heteroatoms. The number of sulfonamides is 1. The van der Waals surface area contributed by atoms with Crippen molar-refractivity contribution in [3.63, 3.8) is 0 Å². The van der Waals surface area contributed by atoms with Crippen LogP contribution in [0.2, 0.25) is 0 Å². The van der Waals surface area contributed by atoms with Gasteiger partial charge in [0.15, 0.2) is 0 Å². The molecule has 1 heterocycles. The van der Waals surface area contributed by atoms with Crippen LogP contribution in [-0.2, 0) is 14.8 Å². The molecular formula is C19H24N2O4S. The van der Waals surface area contributed by atoms with E-state index in [4.69, 9.17) is 9.47 Å². The van der Waals surface area contributed by atoms with Crippen molar-refractivity contribution in [2.75, 3.05) is 36.4 Å². The molecule has 1 atom stereocenters. The Morgan fingerprint density at radius 2 is 1.88 bits per heavy atom. The largest absolute Gasteiger partial charge is 0.492 e. The number of anilines is 2. The van der Waals surface area contributed by atoms with Gasteiger partial charge in [0.25, 0.3) is 10.0 Å². The smallest absolute Gasteiger partial charge is 0.265 e. The van der Waals surface area contributed by atoms with E-state index in [1.165, 1.54) is 6.07 Å². The van der Waals surface area contributed by atoms with E-state index in [1.54, 1.807) is 37.4 Å². The van der Waals surface area contributed by atoms with Crippen LogP contribution in [0.3, 0.4) is 0 Å². The lowest BCUT2D eigenvalue weighted by Crippen LogP contribution is -2.22. The normalized spacial score (nSPS) is 17.3. The van der Waals surface area contributed by atoms with Gasteiger partial charge in [0.05, 0.1) is 12.7 Å². The van der Waals surface area contributed by atoms with E-state index in [0.29, 0.717) is 18.0 Å². The number of hydrogen-bond donors (Lipinski definition) is 1. The first kappa shape index (κ1) is 18.5. The number of rotatable bonds is 7. The highest BCUT2D eigenvalue weighted by atomic mass is 32.2. The van der Waals surface area contributed by atoms with Crippen molar-refractivity contribution in [1.29, 1.82) is 0 Å². The van der Waals surface area contributed by atoms with Crippen molar-refractivity contribution in [1.82, 2.24) is 0 Å². The van der Waals surface area contributed by atoms with Gasteiger partial charge in [-0.25, -0.2) is 8.42 Å². The van der Waals surface area contributed by atoms with Gasteiger partial charge in [-0.3, -0.25) is 4.72 Å². The third kappa shape index (κ3) is 4.11. The molecule has 3 rings (SSSR count). The zero-order valence-corrected chi connectivity index (χ0v) is 15.8. The summed E-state index contributed by atoms with van der Waals surface area (Å²) in [4.78, 5) is 2.37. The summed E-state index contributed by atoms with van der Waals surface area (Å²) in [6.07, 6.45) is 1.25. The highest BCUT2D eigenvalue weighted by Gasteiger charge is 2.23. The van der Waals surface area contributed by atoms with E-state index in [1.807, 2.05) is 19.1 Å². The zero-order valence-electron chi connectivity index (χ0n) is 15.0. The molecule has 0 spiro atoms. The molecule has 1 N–H and O–H groups in total. The minimum atomic E-state index is -3.72. The summed E-state index contributed by atoms with van der Waals surface area (Å²) in [5.41, 5.74) is 1.57. The number of hydrogen-bond acceptors (Lipinski definition) is 5. The number of ether oxygens (including phenoxy) is 2. The Kier molecular flexibility index (Phi) is 5.68. The lowest BCUT2D eigenvalue weighted by Gasteiger charge is -2.19. The van der Waals surface area contributed by atoms with E-state index in [2.05, 4.69) is 9.62 Å². The fourth-order valence-corrected chi connectivity index (χ4v) is 4.26. The maximum Gasteiger partial charge on any atom is 0.265 e. The second-order valence-corrected chi connectivity index (χ2v) is 7.78. The molecule has 1 aliphatic heterocycles. The summed E-state index contributed by atoms with van der Waals surface area (Å²) < 4.78 is 38.8. The average Bonchev–Trinajstić information content (AvgIpc) is 3.12. The number of methoxy groups -OCH3 is 1. The number of nitrogens with one attached hydrogen (secondary N) is 1. The third-order valence-corrected chi connectivity index (χ3v) is 5.82. The van der Waals surface area contributed by atoms with Crippen LogP contribution in [0.15, 0.2) is 53.4 Å². The highest BCUT2D eigenvalue weighted by Crippen LogP contribution is 2.27. The van der Waals surface area contributed by atoms with Crippen molar-refractivity contribution in [3.8, 4) is 5.75 Å². The lowest BCUT2D eigenvalue weighted by atomic mass is 10.2. The molecule has 1 saturated heterocycles. The van der Waals surface area contributed by atoms with Crippen molar-refractivity contribution in [3.05, 3.63) is 48.5 Å². The van der Waals surface area contributed by atoms with E-state index in [9.17, 15) is 8.42 Å². The lowest BCUT2D eigenvalue weighted by molar-refractivity contribution is 0.121. The Morgan fingerprint density at radius 3 is 2.54 bits per heavy atom. The molecule has 1 unspecified atom stereocenters. The first-order valence-electron chi connectivity index (χ1n) is 8.66. The Bertz CT molecular complexity index is 837. The van der Waals surface area contributed by atoms with E-state index >= 15 is 0 Å². The fraction of sp³-hybridized carbons (Fsp3) is 0.368.